The Morgan fingerprint density at radius 3 is 3.12 bits per heavy atom. The van der Waals surface area contributed by atoms with E-state index in [1.165, 1.54) is 0 Å². The van der Waals surface area contributed by atoms with Crippen molar-refractivity contribution in [2.75, 3.05) is 13.2 Å². The highest BCUT2D eigenvalue weighted by Gasteiger charge is 2.16. The normalized spacial score (nSPS) is 12.9. The summed E-state index contributed by atoms with van der Waals surface area (Å²) in [4.78, 5) is 4.13. The zero-order valence-corrected chi connectivity index (χ0v) is 8.92. The maximum atomic E-state index is 5.81. The molecule has 0 aliphatic rings. The average Bonchev–Trinajstić information content (AvgIpc) is 2.94. The van der Waals surface area contributed by atoms with Gasteiger partial charge >= 0.3 is 0 Å². The molecular weight excluding hydrogens is 210 g/mol. The Morgan fingerprint density at radius 1 is 1.56 bits per heavy atom. The standard InChI is InChI=1S/C10H13N3O3/c1-2-14-6-7(11)9-12-10(16-13-9)8-4-3-5-15-8/h3-5,7H,2,6,11H2,1H3. The second kappa shape index (κ2) is 4.91. The van der Waals surface area contributed by atoms with Gasteiger partial charge in [-0.05, 0) is 19.1 Å². The molecule has 2 aromatic rings. The number of aromatic nitrogens is 2. The van der Waals surface area contributed by atoms with Gasteiger partial charge in [-0.25, -0.2) is 0 Å². The highest BCUT2D eigenvalue weighted by Crippen LogP contribution is 2.18. The number of nitrogens with zero attached hydrogens (tertiary/aromatic N) is 2. The van der Waals surface area contributed by atoms with Crippen molar-refractivity contribution in [3.8, 4) is 11.7 Å². The van der Waals surface area contributed by atoms with Crippen LogP contribution in [-0.4, -0.2) is 23.4 Å². The minimum atomic E-state index is -0.382. The first-order valence-corrected chi connectivity index (χ1v) is 5.02. The van der Waals surface area contributed by atoms with Gasteiger partial charge in [0.05, 0.1) is 18.9 Å². The summed E-state index contributed by atoms with van der Waals surface area (Å²) in [6.07, 6.45) is 1.54. The highest BCUT2D eigenvalue weighted by molar-refractivity contribution is 5.42. The SMILES string of the molecule is CCOCC(N)c1noc(-c2ccco2)n1. The lowest BCUT2D eigenvalue weighted by Crippen LogP contribution is -2.18. The Hall–Kier alpha value is -1.66. The Bertz CT molecular complexity index is 424. The van der Waals surface area contributed by atoms with Crippen LogP contribution < -0.4 is 5.73 Å². The molecule has 0 aromatic carbocycles. The summed E-state index contributed by atoms with van der Waals surface area (Å²) in [5.41, 5.74) is 5.81. The van der Waals surface area contributed by atoms with E-state index in [4.69, 9.17) is 19.4 Å². The second-order valence-corrected chi connectivity index (χ2v) is 3.20. The molecule has 0 saturated heterocycles. The molecule has 0 fully saturated rings. The van der Waals surface area contributed by atoms with Crippen LogP contribution >= 0.6 is 0 Å². The smallest absolute Gasteiger partial charge is 0.293 e. The molecule has 1 unspecified atom stereocenters. The lowest BCUT2D eigenvalue weighted by molar-refractivity contribution is 0.130. The Kier molecular flexibility index (Phi) is 3.33. The largest absolute Gasteiger partial charge is 0.459 e. The van der Waals surface area contributed by atoms with E-state index >= 15 is 0 Å². The Balaban J connectivity index is 2.07. The molecule has 2 rings (SSSR count). The van der Waals surface area contributed by atoms with E-state index in [2.05, 4.69) is 10.1 Å². The van der Waals surface area contributed by atoms with Crippen molar-refractivity contribution in [1.29, 1.82) is 0 Å². The van der Waals surface area contributed by atoms with Gasteiger partial charge in [-0.3, -0.25) is 0 Å². The lowest BCUT2D eigenvalue weighted by atomic mass is 10.3. The summed E-state index contributed by atoms with van der Waals surface area (Å²) in [6, 6.07) is 3.11. The monoisotopic (exact) mass is 223 g/mol. The van der Waals surface area contributed by atoms with Gasteiger partial charge in [0, 0.05) is 6.61 Å². The van der Waals surface area contributed by atoms with E-state index in [1.54, 1.807) is 18.4 Å². The van der Waals surface area contributed by atoms with Crippen LogP contribution in [0.4, 0.5) is 0 Å². The maximum Gasteiger partial charge on any atom is 0.293 e. The molecule has 2 N–H and O–H groups in total. The molecule has 2 aromatic heterocycles. The zero-order chi connectivity index (χ0) is 11.4. The molecule has 6 nitrogen and oxygen atoms in total. The quantitative estimate of drug-likeness (QED) is 0.823. The molecule has 0 saturated carbocycles. The second-order valence-electron chi connectivity index (χ2n) is 3.20. The van der Waals surface area contributed by atoms with E-state index in [-0.39, 0.29) is 6.04 Å². The lowest BCUT2D eigenvalue weighted by Gasteiger charge is -2.05. The molecule has 0 spiro atoms. The topological polar surface area (TPSA) is 87.3 Å². The minimum absolute atomic E-state index is 0.326. The summed E-state index contributed by atoms with van der Waals surface area (Å²) in [6.45, 7) is 2.88. The summed E-state index contributed by atoms with van der Waals surface area (Å²) < 4.78 is 15.3. The Labute approximate surface area is 92.4 Å². The van der Waals surface area contributed by atoms with Gasteiger partial charge in [0.15, 0.2) is 11.6 Å². The molecule has 6 heteroatoms. The predicted molar refractivity (Wildman–Crippen MR) is 55.4 cm³/mol. The fourth-order valence-electron chi connectivity index (χ4n) is 1.21. The van der Waals surface area contributed by atoms with Gasteiger partial charge in [0.25, 0.3) is 5.89 Å². The van der Waals surface area contributed by atoms with Crippen molar-refractivity contribution in [1.82, 2.24) is 10.1 Å². The number of rotatable bonds is 5. The van der Waals surface area contributed by atoms with Crippen molar-refractivity contribution >= 4 is 0 Å². The van der Waals surface area contributed by atoms with Crippen molar-refractivity contribution in [2.45, 2.75) is 13.0 Å². The zero-order valence-electron chi connectivity index (χ0n) is 8.92. The predicted octanol–water partition coefficient (Wildman–Crippen LogP) is 1.37. The van der Waals surface area contributed by atoms with Crippen molar-refractivity contribution in [3.05, 3.63) is 24.2 Å². The van der Waals surface area contributed by atoms with E-state index in [1.807, 2.05) is 6.92 Å². The van der Waals surface area contributed by atoms with Gasteiger partial charge in [0.1, 0.15) is 0 Å². The van der Waals surface area contributed by atoms with Crippen LogP contribution in [0.15, 0.2) is 27.3 Å². The van der Waals surface area contributed by atoms with Gasteiger partial charge in [-0.1, -0.05) is 5.16 Å². The van der Waals surface area contributed by atoms with Crippen molar-refractivity contribution in [2.24, 2.45) is 5.73 Å². The number of hydrogen-bond acceptors (Lipinski definition) is 6. The fourth-order valence-corrected chi connectivity index (χ4v) is 1.21. The molecule has 0 aliphatic carbocycles. The number of nitrogens with two attached hydrogens (primary N) is 1. The van der Waals surface area contributed by atoms with Gasteiger partial charge in [0.2, 0.25) is 0 Å². The molecule has 86 valence electrons. The molecule has 0 radical (unpaired) electrons. The van der Waals surface area contributed by atoms with Crippen LogP contribution in [0.25, 0.3) is 11.7 Å². The molecule has 1 atom stereocenters. The van der Waals surface area contributed by atoms with E-state index in [0.717, 1.165) is 0 Å². The van der Waals surface area contributed by atoms with Crippen LogP contribution in [-0.2, 0) is 4.74 Å². The van der Waals surface area contributed by atoms with E-state index in [9.17, 15) is 0 Å². The third-order valence-electron chi connectivity index (χ3n) is 2.01. The van der Waals surface area contributed by atoms with Crippen LogP contribution in [0.5, 0.6) is 0 Å². The van der Waals surface area contributed by atoms with Gasteiger partial charge in [-0.15, -0.1) is 0 Å². The number of furan rings is 1. The third-order valence-corrected chi connectivity index (χ3v) is 2.01. The van der Waals surface area contributed by atoms with Crippen molar-refractivity contribution < 1.29 is 13.7 Å². The summed E-state index contributed by atoms with van der Waals surface area (Å²) in [5, 5.41) is 3.77. The minimum Gasteiger partial charge on any atom is -0.459 e. The average molecular weight is 223 g/mol. The third kappa shape index (κ3) is 2.29. The first-order chi connectivity index (χ1) is 7.81. The summed E-state index contributed by atoms with van der Waals surface area (Å²) >= 11 is 0. The van der Waals surface area contributed by atoms with Gasteiger partial charge in [-0.2, -0.15) is 4.98 Å². The van der Waals surface area contributed by atoms with Crippen LogP contribution in [0, 0.1) is 0 Å². The highest BCUT2D eigenvalue weighted by atomic mass is 16.5. The summed E-state index contributed by atoms with van der Waals surface area (Å²) in [7, 11) is 0. The molecule has 0 aliphatic heterocycles. The van der Waals surface area contributed by atoms with Crippen molar-refractivity contribution in [3.63, 3.8) is 0 Å². The van der Waals surface area contributed by atoms with E-state index < -0.39 is 0 Å². The fraction of sp³-hybridized carbons (Fsp3) is 0.400. The molecule has 0 amide bonds. The van der Waals surface area contributed by atoms with Crippen LogP contribution in [0.1, 0.15) is 18.8 Å². The molecular formula is C10H13N3O3. The Morgan fingerprint density at radius 2 is 2.44 bits per heavy atom. The van der Waals surface area contributed by atoms with Crippen LogP contribution in [0.3, 0.4) is 0 Å². The molecule has 0 bridgehead atoms. The summed E-state index contributed by atoms with van der Waals surface area (Å²) in [5.74, 6) is 1.27. The van der Waals surface area contributed by atoms with E-state index in [0.29, 0.717) is 30.7 Å². The molecule has 2 heterocycles. The number of ether oxygens (including phenoxy) is 1. The van der Waals surface area contributed by atoms with Crippen LogP contribution in [0.2, 0.25) is 0 Å². The first kappa shape index (κ1) is 10.8. The first-order valence-electron chi connectivity index (χ1n) is 5.02. The molecule has 16 heavy (non-hydrogen) atoms. The number of hydrogen-bond donors (Lipinski definition) is 1. The maximum absolute atomic E-state index is 5.81. The van der Waals surface area contributed by atoms with Gasteiger partial charge < -0.3 is 19.4 Å².